The minimum atomic E-state index is -3.58. The molecule has 0 saturated carbocycles. The van der Waals surface area contributed by atoms with Gasteiger partial charge >= 0.3 is 0 Å². The van der Waals surface area contributed by atoms with Crippen LogP contribution in [0.25, 0.3) is 0 Å². The molecule has 0 saturated heterocycles. The third-order valence-electron chi connectivity index (χ3n) is 2.56. The summed E-state index contributed by atoms with van der Waals surface area (Å²) in [6.45, 7) is 1.77. The number of rotatable bonds is 3. The van der Waals surface area contributed by atoms with Gasteiger partial charge in [0.05, 0.1) is 10.6 Å². The predicted octanol–water partition coefficient (Wildman–Crippen LogP) is 4.05. The second-order valence-corrected chi connectivity index (χ2v) is 7.24. The first kappa shape index (κ1) is 14.6. The summed E-state index contributed by atoms with van der Waals surface area (Å²) in [5, 5.41) is 0.572. The quantitative estimate of drug-likeness (QED) is 0.780. The standard InChI is InChI=1S/C13H11ClINO2S/c1-9-4-2-3-5-13(9)19(17,18)16-12-7-6-10(14)8-11(12)15/h2-8,16H,1H3. The fraction of sp³-hybridized carbons (Fsp3) is 0.0769. The van der Waals surface area contributed by atoms with Crippen LogP contribution in [0.1, 0.15) is 5.56 Å². The molecule has 0 bridgehead atoms. The van der Waals surface area contributed by atoms with Gasteiger partial charge in [-0.25, -0.2) is 8.42 Å². The fourth-order valence-electron chi connectivity index (χ4n) is 1.63. The molecule has 0 fully saturated rings. The summed E-state index contributed by atoms with van der Waals surface area (Å²) in [6, 6.07) is 11.9. The molecule has 0 aromatic heterocycles. The first-order chi connectivity index (χ1) is 8.90. The molecule has 2 aromatic carbocycles. The van der Waals surface area contributed by atoms with Crippen LogP contribution in [0.15, 0.2) is 47.4 Å². The van der Waals surface area contributed by atoms with Crippen LogP contribution >= 0.6 is 34.2 Å². The summed E-state index contributed by atoms with van der Waals surface area (Å²) in [7, 11) is -3.58. The number of hydrogen-bond donors (Lipinski definition) is 1. The summed E-state index contributed by atoms with van der Waals surface area (Å²) >= 11 is 7.89. The fourth-order valence-corrected chi connectivity index (χ4v) is 4.15. The van der Waals surface area contributed by atoms with Crippen molar-refractivity contribution < 1.29 is 8.42 Å². The second kappa shape index (κ2) is 5.68. The summed E-state index contributed by atoms with van der Waals surface area (Å²) in [5.41, 5.74) is 1.23. The van der Waals surface area contributed by atoms with E-state index in [-0.39, 0.29) is 4.90 Å². The van der Waals surface area contributed by atoms with Crippen molar-refractivity contribution in [3.63, 3.8) is 0 Å². The first-order valence-electron chi connectivity index (χ1n) is 5.43. The Morgan fingerprint density at radius 3 is 2.47 bits per heavy atom. The lowest BCUT2D eigenvalue weighted by molar-refractivity contribution is 0.600. The van der Waals surface area contributed by atoms with Gasteiger partial charge < -0.3 is 0 Å². The third-order valence-corrected chi connectivity index (χ3v) is 5.21. The Morgan fingerprint density at radius 1 is 1.16 bits per heavy atom. The maximum atomic E-state index is 12.3. The Hall–Kier alpha value is -0.790. The monoisotopic (exact) mass is 407 g/mol. The lowest BCUT2D eigenvalue weighted by Gasteiger charge is -2.11. The maximum absolute atomic E-state index is 12.3. The molecule has 19 heavy (non-hydrogen) atoms. The topological polar surface area (TPSA) is 46.2 Å². The largest absolute Gasteiger partial charge is 0.279 e. The molecule has 0 spiro atoms. The zero-order chi connectivity index (χ0) is 14.0. The summed E-state index contributed by atoms with van der Waals surface area (Å²) < 4.78 is 28.0. The van der Waals surface area contributed by atoms with Gasteiger partial charge in [-0.3, -0.25) is 4.72 Å². The van der Waals surface area contributed by atoms with E-state index in [1.165, 1.54) is 0 Å². The Kier molecular flexibility index (Phi) is 4.37. The van der Waals surface area contributed by atoms with Gasteiger partial charge in [-0.15, -0.1) is 0 Å². The lowest BCUT2D eigenvalue weighted by Crippen LogP contribution is -2.14. The van der Waals surface area contributed by atoms with Gasteiger partial charge in [0.1, 0.15) is 0 Å². The first-order valence-corrected chi connectivity index (χ1v) is 8.37. The molecule has 6 heteroatoms. The molecule has 100 valence electrons. The smallest absolute Gasteiger partial charge is 0.262 e. The zero-order valence-electron chi connectivity index (χ0n) is 10.0. The Morgan fingerprint density at radius 2 is 1.84 bits per heavy atom. The second-order valence-electron chi connectivity index (χ2n) is 4.00. The molecule has 0 atom stereocenters. The van der Waals surface area contributed by atoms with E-state index in [0.717, 1.165) is 3.57 Å². The van der Waals surface area contributed by atoms with Gasteiger partial charge in [0.2, 0.25) is 0 Å². The van der Waals surface area contributed by atoms with Crippen LogP contribution < -0.4 is 4.72 Å². The molecule has 0 aliphatic heterocycles. The molecule has 0 heterocycles. The third kappa shape index (κ3) is 3.40. The van der Waals surface area contributed by atoms with Gasteiger partial charge in [0.15, 0.2) is 0 Å². The molecule has 0 aliphatic carbocycles. The Bertz CT molecular complexity index is 716. The minimum absolute atomic E-state index is 0.278. The van der Waals surface area contributed by atoms with Crippen LogP contribution in [-0.4, -0.2) is 8.42 Å². The van der Waals surface area contributed by atoms with Crippen molar-refractivity contribution in [2.24, 2.45) is 0 Å². The van der Waals surface area contributed by atoms with E-state index in [1.807, 2.05) is 22.6 Å². The van der Waals surface area contributed by atoms with E-state index >= 15 is 0 Å². The number of nitrogens with one attached hydrogen (secondary N) is 1. The van der Waals surface area contributed by atoms with Crippen molar-refractivity contribution in [3.8, 4) is 0 Å². The summed E-state index contributed by atoms with van der Waals surface area (Å²) in [4.78, 5) is 0.278. The minimum Gasteiger partial charge on any atom is -0.279 e. The van der Waals surface area contributed by atoms with Crippen LogP contribution in [0.2, 0.25) is 5.02 Å². The van der Waals surface area contributed by atoms with Crippen molar-refractivity contribution in [2.45, 2.75) is 11.8 Å². The van der Waals surface area contributed by atoms with Gasteiger partial charge in [0, 0.05) is 8.59 Å². The molecule has 0 aliphatic rings. The van der Waals surface area contributed by atoms with Crippen LogP contribution in [0.3, 0.4) is 0 Å². The highest BCUT2D eigenvalue weighted by Crippen LogP contribution is 2.25. The highest BCUT2D eigenvalue weighted by molar-refractivity contribution is 14.1. The molecular formula is C13H11ClINO2S. The van der Waals surface area contributed by atoms with Crippen LogP contribution in [0.5, 0.6) is 0 Å². The SMILES string of the molecule is Cc1ccccc1S(=O)(=O)Nc1ccc(Cl)cc1I. The van der Waals surface area contributed by atoms with Crippen LogP contribution in [0.4, 0.5) is 5.69 Å². The molecule has 0 radical (unpaired) electrons. The van der Waals surface area contributed by atoms with Crippen molar-refractivity contribution in [2.75, 3.05) is 4.72 Å². The van der Waals surface area contributed by atoms with E-state index in [2.05, 4.69) is 4.72 Å². The van der Waals surface area contributed by atoms with Crippen molar-refractivity contribution in [1.82, 2.24) is 0 Å². The van der Waals surface area contributed by atoms with Crippen LogP contribution in [0, 0.1) is 10.5 Å². The van der Waals surface area contributed by atoms with E-state index in [0.29, 0.717) is 16.3 Å². The number of anilines is 1. The average molecular weight is 408 g/mol. The molecular weight excluding hydrogens is 397 g/mol. The lowest BCUT2D eigenvalue weighted by atomic mass is 10.2. The number of halogens is 2. The maximum Gasteiger partial charge on any atom is 0.262 e. The highest BCUT2D eigenvalue weighted by atomic mass is 127. The summed E-state index contributed by atoms with van der Waals surface area (Å²) in [5.74, 6) is 0. The molecule has 3 nitrogen and oxygen atoms in total. The van der Waals surface area contributed by atoms with Crippen LogP contribution in [-0.2, 0) is 10.0 Å². The predicted molar refractivity (Wildman–Crippen MR) is 86.2 cm³/mol. The molecule has 0 unspecified atom stereocenters. The molecule has 0 amide bonds. The van der Waals surface area contributed by atoms with Gasteiger partial charge in [-0.1, -0.05) is 29.8 Å². The molecule has 2 aromatic rings. The van der Waals surface area contributed by atoms with Crippen molar-refractivity contribution >= 4 is 49.9 Å². The van der Waals surface area contributed by atoms with E-state index in [1.54, 1.807) is 49.4 Å². The van der Waals surface area contributed by atoms with Crippen molar-refractivity contribution in [3.05, 3.63) is 56.6 Å². The van der Waals surface area contributed by atoms with Gasteiger partial charge in [-0.2, -0.15) is 0 Å². The number of sulfonamides is 1. The zero-order valence-corrected chi connectivity index (χ0v) is 13.8. The normalized spacial score (nSPS) is 11.3. The number of hydrogen-bond acceptors (Lipinski definition) is 2. The van der Waals surface area contributed by atoms with E-state index in [4.69, 9.17) is 11.6 Å². The molecule has 1 N–H and O–H groups in total. The number of benzene rings is 2. The van der Waals surface area contributed by atoms with Crippen molar-refractivity contribution in [1.29, 1.82) is 0 Å². The van der Waals surface area contributed by atoms with E-state index in [9.17, 15) is 8.42 Å². The Balaban J connectivity index is 2.40. The van der Waals surface area contributed by atoms with Gasteiger partial charge in [-0.05, 0) is 59.3 Å². The summed E-state index contributed by atoms with van der Waals surface area (Å²) in [6.07, 6.45) is 0. The van der Waals surface area contributed by atoms with Gasteiger partial charge in [0.25, 0.3) is 10.0 Å². The Labute approximate surface area is 131 Å². The number of aryl methyl sites for hydroxylation is 1. The molecule has 2 rings (SSSR count). The highest BCUT2D eigenvalue weighted by Gasteiger charge is 2.17. The average Bonchev–Trinajstić information content (AvgIpc) is 2.33. The van der Waals surface area contributed by atoms with E-state index < -0.39 is 10.0 Å².